The fourth-order valence-electron chi connectivity index (χ4n) is 2.44. The molecular formula is C20H22N2O3S. The molecule has 0 aliphatic rings. The van der Waals surface area contributed by atoms with E-state index in [0.717, 1.165) is 40.5 Å². The van der Waals surface area contributed by atoms with Crippen molar-refractivity contribution in [3.8, 4) is 16.4 Å². The van der Waals surface area contributed by atoms with Gasteiger partial charge in [0.2, 0.25) is 0 Å². The highest BCUT2D eigenvalue weighted by atomic mass is 32.1. The normalized spacial score (nSPS) is 10.7. The number of aryl methyl sites for hydroxylation is 1. The van der Waals surface area contributed by atoms with Gasteiger partial charge in [0.05, 0.1) is 11.5 Å². The number of unbranched alkanes of at least 4 members (excludes halogenated alkanes) is 1. The third-order valence-electron chi connectivity index (χ3n) is 3.89. The highest BCUT2D eigenvalue weighted by Gasteiger charge is 2.19. The highest BCUT2D eigenvalue weighted by Crippen LogP contribution is 2.30. The van der Waals surface area contributed by atoms with Gasteiger partial charge in [0.25, 0.3) is 5.91 Å². The number of oxazole rings is 1. The molecule has 3 aromatic rings. The minimum Gasteiger partial charge on any atom is -0.494 e. The lowest BCUT2D eigenvalue weighted by molar-refractivity contribution is 0.0947. The number of hydrogen-bond acceptors (Lipinski definition) is 5. The molecule has 2 aromatic heterocycles. The number of aromatic nitrogens is 1. The van der Waals surface area contributed by atoms with Crippen LogP contribution in [0.4, 0.5) is 0 Å². The van der Waals surface area contributed by atoms with Gasteiger partial charge >= 0.3 is 0 Å². The summed E-state index contributed by atoms with van der Waals surface area (Å²) in [4.78, 5) is 18.6. The zero-order chi connectivity index (χ0) is 18.4. The lowest BCUT2D eigenvalue weighted by Gasteiger charge is -2.07. The number of benzene rings is 1. The van der Waals surface area contributed by atoms with Crippen molar-refractivity contribution in [2.75, 3.05) is 6.61 Å². The maximum absolute atomic E-state index is 12.5. The number of rotatable bonds is 8. The van der Waals surface area contributed by atoms with Crippen LogP contribution in [0, 0.1) is 6.92 Å². The molecule has 0 unspecified atom stereocenters. The Hall–Kier alpha value is -2.60. The first kappa shape index (κ1) is 18.2. The van der Waals surface area contributed by atoms with Gasteiger partial charge in [0, 0.05) is 11.4 Å². The smallest absolute Gasteiger partial charge is 0.274 e. The predicted octanol–water partition coefficient (Wildman–Crippen LogP) is 4.82. The molecule has 0 bridgehead atoms. The van der Waals surface area contributed by atoms with Crippen LogP contribution < -0.4 is 10.1 Å². The third-order valence-corrected chi connectivity index (χ3v) is 4.89. The Labute approximate surface area is 157 Å². The quantitative estimate of drug-likeness (QED) is 0.577. The van der Waals surface area contributed by atoms with Gasteiger partial charge in [-0.1, -0.05) is 25.5 Å². The maximum atomic E-state index is 12.5. The fraction of sp³-hybridized carbons (Fsp3) is 0.300. The lowest BCUT2D eigenvalue weighted by atomic mass is 10.2. The Kier molecular flexibility index (Phi) is 6.07. The number of ether oxygens (including phenoxy) is 1. The molecule has 1 N–H and O–H groups in total. The molecule has 1 aromatic carbocycles. The summed E-state index contributed by atoms with van der Waals surface area (Å²) in [6.45, 7) is 5.29. The van der Waals surface area contributed by atoms with Gasteiger partial charge in [0.1, 0.15) is 5.75 Å². The number of nitrogens with one attached hydrogen (secondary N) is 1. The minimum atomic E-state index is -0.247. The van der Waals surface area contributed by atoms with Crippen LogP contribution in [0.2, 0.25) is 0 Å². The monoisotopic (exact) mass is 370 g/mol. The molecule has 0 aliphatic heterocycles. The summed E-state index contributed by atoms with van der Waals surface area (Å²) >= 11 is 1.57. The molecule has 0 saturated carbocycles. The highest BCUT2D eigenvalue weighted by molar-refractivity contribution is 7.15. The van der Waals surface area contributed by atoms with Crippen LogP contribution in [-0.2, 0) is 6.54 Å². The van der Waals surface area contributed by atoms with Gasteiger partial charge in [-0.25, -0.2) is 4.98 Å². The van der Waals surface area contributed by atoms with E-state index in [1.165, 1.54) is 6.39 Å². The molecular weight excluding hydrogens is 348 g/mol. The number of carbonyl (C=O) groups is 1. The van der Waals surface area contributed by atoms with Crippen molar-refractivity contribution >= 4 is 17.2 Å². The topological polar surface area (TPSA) is 64.4 Å². The molecule has 0 saturated heterocycles. The van der Waals surface area contributed by atoms with Gasteiger partial charge in [-0.15, -0.1) is 11.3 Å². The van der Waals surface area contributed by atoms with Gasteiger partial charge in [0.15, 0.2) is 17.8 Å². The zero-order valence-electron chi connectivity index (χ0n) is 15.0. The molecule has 5 nitrogen and oxygen atoms in total. The molecule has 0 atom stereocenters. The minimum absolute atomic E-state index is 0.247. The Morgan fingerprint density at radius 2 is 2.04 bits per heavy atom. The molecule has 26 heavy (non-hydrogen) atoms. The van der Waals surface area contributed by atoms with Crippen molar-refractivity contribution in [3.05, 3.63) is 58.9 Å². The maximum Gasteiger partial charge on any atom is 0.274 e. The first-order valence-corrected chi connectivity index (χ1v) is 9.49. The molecule has 0 aliphatic carbocycles. The summed E-state index contributed by atoms with van der Waals surface area (Å²) < 4.78 is 11.1. The van der Waals surface area contributed by atoms with Crippen LogP contribution in [-0.4, -0.2) is 17.5 Å². The van der Waals surface area contributed by atoms with E-state index in [1.807, 2.05) is 43.3 Å². The average molecular weight is 370 g/mol. The van der Waals surface area contributed by atoms with Crippen LogP contribution >= 0.6 is 11.3 Å². The van der Waals surface area contributed by atoms with Crippen LogP contribution in [0.15, 0.2) is 47.2 Å². The summed E-state index contributed by atoms with van der Waals surface area (Å²) in [7, 11) is 0. The standard InChI is InChI=1S/C20H22N2O3S/c1-3-4-11-24-16-8-6-15(7-9-16)12-21-20(23)18-19(25-13-22-18)17-10-5-14(2)26-17/h5-10,13H,3-4,11-12H2,1-2H3,(H,21,23). The Morgan fingerprint density at radius 1 is 1.23 bits per heavy atom. The summed E-state index contributed by atoms with van der Waals surface area (Å²) in [6, 6.07) is 11.7. The van der Waals surface area contributed by atoms with E-state index in [2.05, 4.69) is 17.2 Å². The van der Waals surface area contributed by atoms with E-state index >= 15 is 0 Å². The molecule has 6 heteroatoms. The van der Waals surface area contributed by atoms with Crippen molar-refractivity contribution in [3.63, 3.8) is 0 Å². The summed E-state index contributed by atoms with van der Waals surface area (Å²) in [5, 5.41) is 2.89. The SMILES string of the molecule is CCCCOc1ccc(CNC(=O)c2ncoc2-c2ccc(C)s2)cc1. The number of hydrogen-bond donors (Lipinski definition) is 1. The molecule has 0 fully saturated rings. The van der Waals surface area contributed by atoms with Crippen molar-refractivity contribution in [2.24, 2.45) is 0 Å². The lowest BCUT2D eigenvalue weighted by Crippen LogP contribution is -2.23. The first-order chi connectivity index (χ1) is 12.7. The van der Waals surface area contributed by atoms with Crippen LogP contribution in [0.3, 0.4) is 0 Å². The Balaban J connectivity index is 1.59. The molecule has 2 heterocycles. The number of nitrogens with zero attached hydrogens (tertiary/aromatic N) is 1. The van der Waals surface area contributed by atoms with E-state index in [-0.39, 0.29) is 5.91 Å². The van der Waals surface area contributed by atoms with Crippen LogP contribution in [0.1, 0.15) is 40.7 Å². The second-order valence-corrected chi connectivity index (χ2v) is 7.26. The summed E-state index contributed by atoms with van der Waals surface area (Å²) in [6.07, 6.45) is 3.46. The van der Waals surface area contributed by atoms with Crippen LogP contribution in [0.25, 0.3) is 10.6 Å². The van der Waals surface area contributed by atoms with E-state index in [4.69, 9.17) is 9.15 Å². The molecule has 0 spiro atoms. The Morgan fingerprint density at radius 3 is 2.73 bits per heavy atom. The average Bonchev–Trinajstić information content (AvgIpc) is 3.29. The van der Waals surface area contributed by atoms with Crippen molar-refractivity contribution in [1.29, 1.82) is 0 Å². The van der Waals surface area contributed by atoms with E-state index in [0.29, 0.717) is 18.0 Å². The summed E-state index contributed by atoms with van der Waals surface area (Å²) in [5.41, 5.74) is 1.31. The molecule has 3 rings (SSSR count). The largest absolute Gasteiger partial charge is 0.494 e. The van der Waals surface area contributed by atoms with Gasteiger partial charge in [-0.05, 0) is 43.2 Å². The fourth-order valence-corrected chi connectivity index (χ4v) is 3.30. The Bertz CT molecular complexity index is 852. The van der Waals surface area contributed by atoms with E-state index in [1.54, 1.807) is 11.3 Å². The molecule has 1 amide bonds. The van der Waals surface area contributed by atoms with Crippen LogP contribution in [0.5, 0.6) is 5.75 Å². The van der Waals surface area contributed by atoms with Crippen molar-refractivity contribution in [1.82, 2.24) is 10.3 Å². The van der Waals surface area contributed by atoms with E-state index < -0.39 is 0 Å². The first-order valence-electron chi connectivity index (χ1n) is 8.67. The second-order valence-electron chi connectivity index (χ2n) is 5.97. The van der Waals surface area contributed by atoms with Gasteiger partial charge < -0.3 is 14.5 Å². The van der Waals surface area contributed by atoms with Gasteiger partial charge in [-0.3, -0.25) is 4.79 Å². The predicted molar refractivity (Wildman–Crippen MR) is 103 cm³/mol. The van der Waals surface area contributed by atoms with Gasteiger partial charge in [-0.2, -0.15) is 0 Å². The summed E-state index contributed by atoms with van der Waals surface area (Å²) in [5.74, 6) is 1.11. The van der Waals surface area contributed by atoms with Crippen molar-refractivity contribution < 1.29 is 13.9 Å². The number of carbonyl (C=O) groups excluding carboxylic acids is 1. The second kappa shape index (κ2) is 8.67. The third kappa shape index (κ3) is 4.52. The number of amides is 1. The zero-order valence-corrected chi connectivity index (χ0v) is 15.8. The molecule has 0 radical (unpaired) electrons. The number of thiophene rings is 1. The van der Waals surface area contributed by atoms with Crippen molar-refractivity contribution in [2.45, 2.75) is 33.2 Å². The molecule has 136 valence electrons. The van der Waals surface area contributed by atoms with E-state index in [9.17, 15) is 4.79 Å².